The Morgan fingerprint density at radius 2 is 2.04 bits per heavy atom. The molecule has 0 saturated carbocycles. The van der Waals surface area contributed by atoms with Crippen LogP contribution in [0, 0.1) is 0 Å². The Balaban J connectivity index is 1.98. The maximum atomic E-state index is 12.1. The van der Waals surface area contributed by atoms with Gasteiger partial charge in [-0.15, -0.1) is 0 Å². The number of methoxy groups -OCH3 is 2. The highest BCUT2D eigenvalue weighted by atomic mass is 32.2. The van der Waals surface area contributed by atoms with Gasteiger partial charge in [-0.1, -0.05) is 11.8 Å². The van der Waals surface area contributed by atoms with E-state index in [4.69, 9.17) is 9.47 Å². The fraction of sp³-hybridized carbons (Fsp3) is 0.529. The van der Waals surface area contributed by atoms with Gasteiger partial charge in [0, 0.05) is 20.2 Å². The van der Waals surface area contributed by atoms with E-state index in [1.165, 1.54) is 16.7 Å². The summed E-state index contributed by atoms with van der Waals surface area (Å²) in [6, 6.07) is 4.70. The number of benzene rings is 1. The van der Waals surface area contributed by atoms with Crippen LogP contribution in [0.25, 0.3) is 0 Å². The van der Waals surface area contributed by atoms with Gasteiger partial charge in [-0.05, 0) is 12.1 Å². The molecule has 1 aromatic rings. The Morgan fingerprint density at radius 3 is 2.67 bits per heavy atom. The van der Waals surface area contributed by atoms with Crippen molar-refractivity contribution in [2.24, 2.45) is 4.99 Å². The number of nitrogens with zero attached hydrogens (tertiary/aromatic N) is 3. The van der Waals surface area contributed by atoms with E-state index in [9.17, 15) is 13.2 Å². The smallest absolute Gasteiger partial charge is 0.232 e. The van der Waals surface area contributed by atoms with Crippen molar-refractivity contribution in [3.05, 3.63) is 18.2 Å². The molecule has 2 aliphatic heterocycles. The van der Waals surface area contributed by atoms with Gasteiger partial charge in [0.05, 0.1) is 49.2 Å². The lowest BCUT2D eigenvalue weighted by atomic mass is 10.1. The highest BCUT2D eigenvalue weighted by Gasteiger charge is 2.48. The van der Waals surface area contributed by atoms with Gasteiger partial charge in [0.25, 0.3) is 0 Å². The quantitative estimate of drug-likeness (QED) is 0.708. The third kappa shape index (κ3) is 4.01. The molecule has 10 heteroatoms. The van der Waals surface area contributed by atoms with Crippen molar-refractivity contribution >= 4 is 38.4 Å². The molecule has 0 spiro atoms. The van der Waals surface area contributed by atoms with Gasteiger partial charge in [0.1, 0.15) is 11.5 Å². The summed E-state index contributed by atoms with van der Waals surface area (Å²) >= 11 is 1.31. The Labute approximate surface area is 163 Å². The SMILES string of the molecule is COc1ccc(OC)c(N2C(SCC(=O)N(C)C)=N[C@@H]3CS(=O)(=O)C[C@H]32)c1. The summed E-state index contributed by atoms with van der Waals surface area (Å²) < 4.78 is 35.1. The fourth-order valence-corrected chi connectivity index (χ4v) is 6.09. The summed E-state index contributed by atoms with van der Waals surface area (Å²) in [5.74, 6) is 1.45. The molecule has 8 nitrogen and oxygen atoms in total. The Bertz CT molecular complexity index is 869. The second kappa shape index (κ2) is 7.59. The maximum Gasteiger partial charge on any atom is 0.232 e. The molecular weight excluding hydrogens is 390 g/mol. The standard InChI is InChI=1S/C17H23N3O5S2/c1-19(2)16(21)8-26-17-18-12-9-27(22,23)10-14(12)20(17)13-7-11(24-3)5-6-15(13)25-4/h5-7,12,14H,8-10H2,1-4H3/t12-,14-/m1/s1. The minimum atomic E-state index is -3.16. The number of hydrogen-bond donors (Lipinski definition) is 0. The summed E-state index contributed by atoms with van der Waals surface area (Å²) in [5, 5.41) is 0.627. The van der Waals surface area contributed by atoms with E-state index < -0.39 is 9.84 Å². The third-order valence-corrected chi connectivity index (χ3v) is 7.23. The van der Waals surface area contributed by atoms with Crippen LogP contribution in [-0.2, 0) is 14.6 Å². The summed E-state index contributed by atoms with van der Waals surface area (Å²) in [4.78, 5) is 20.0. The first-order valence-electron chi connectivity index (χ1n) is 8.38. The monoisotopic (exact) mass is 413 g/mol. The van der Waals surface area contributed by atoms with Crippen LogP contribution in [0.2, 0.25) is 0 Å². The molecule has 0 N–H and O–H groups in total. The van der Waals surface area contributed by atoms with Crippen LogP contribution >= 0.6 is 11.8 Å². The Kier molecular flexibility index (Phi) is 5.57. The van der Waals surface area contributed by atoms with Gasteiger partial charge in [0.2, 0.25) is 5.91 Å². The lowest BCUT2D eigenvalue weighted by Crippen LogP contribution is -2.39. The number of amides is 1. The van der Waals surface area contributed by atoms with E-state index in [0.717, 1.165) is 0 Å². The Hall–Kier alpha value is -1.94. The van der Waals surface area contributed by atoms with Gasteiger partial charge in [0.15, 0.2) is 15.0 Å². The van der Waals surface area contributed by atoms with Crippen LogP contribution in [0.1, 0.15) is 0 Å². The number of carbonyl (C=O) groups is 1. The number of rotatable bonds is 5. The number of amidine groups is 1. The van der Waals surface area contributed by atoms with E-state index in [0.29, 0.717) is 22.4 Å². The number of ether oxygens (including phenoxy) is 2. The molecule has 0 unspecified atom stereocenters. The number of anilines is 1. The summed E-state index contributed by atoms with van der Waals surface area (Å²) in [6.45, 7) is 0. The zero-order valence-corrected chi connectivity index (χ0v) is 17.3. The topological polar surface area (TPSA) is 88.5 Å². The highest BCUT2D eigenvalue weighted by Crippen LogP contribution is 2.41. The predicted molar refractivity (Wildman–Crippen MR) is 107 cm³/mol. The number of thioether (sulfide) groups is 1. The van der Waals surface area contributed by atoms with Crippen molar-refractivity contribution in [2.75, 3.05) is 50.5 Å². The molecule has 0 bridgehead atoms. The maximum absolute atomic E-state index is 12.1. The van der Waals surface area contributed by atoms with E-state index in [1.54, 1.807) is 46.5 Å². The average Bonchev–Trinajstić information content (AvgIpc) is 3.09. The molecule has 0 radical (unpaired) electrons. The molecule has 1 amide bonds. The van der Waals surface area contributed by atoms with Gasteiger partial charge >= 0.3 is 0 Å². The molecule has 2 aliphatic rings. The van der Waals surface area contributed by atoms with Gasteiger partial charge in [-0.3, -0.25) is 9.79 Å². The fourth-order valence-electron chi connectivity index (χ4n) is 3.16. The largest absolute Gasteiger partial charge is 0.497 e. The second-order valence-corrected chi connectivity index (χ2v) is 9.70. The van der Waals surface area contributed by atoms with Crippen LogP contribution in [0.3, 0.4) is 0 Å². The first-order chi connectivity index (χ1) is 12.8. The van der Waals surface area contributed by atoms with Crippen LogP contribution in [0.15, 0.2) is 23.2 Å². The van der Waals surface area contributed by atoms with Crippen molar-refractivity contribution in [3.8, 4) is 11.5 Å². The molecule has 148 valence electrons. The van der Waals surface area contributed by atoms with E-state index in [-0.39, 0.29) is 35.2 Å². The van der Waals surface area contributed by atoms with E-state index in [2.05, 4.69) is 4.99 Å². The lowest BCUT2D eigenvalue weighted by Gasteiger charge is -2.28. The minimum Gasteiger partial charge on any atom is -0.497 e. The molecule has 1 fully saturated rings. The zero-order valence-electron chi connectivity index (χ0n) is 15.7. The van der Waals surface area contributed by atoms with Crippen molar-refractivity contribution in [1.82, 2.24) is 4.90 Å². The van der Waals surface area contributed by atoms with Crippen molar-refractivity contribution in [2.45, 2.75) is 12.1 Å². The number of sulfone groups is 1. The average molecular weight is 414 g/mol. The third-order valence-electron chi connectivity index (χ3n) is 4.58. The van der Waals surface area contributed by atoms with Gasteiger partial charge in [-0.25, -0.2) is 8.42 Å². The predicted octanol–water partition coefficient (Wildman–Crippen LogP) is 0.867. The normalized spacial score (nSPS) is 23.0. The summed E-state index contributed by atoms with van der Waals surface area (Å²) in [5.41, 5.74) is 0.685. The van der Waals surface area contributed by atoms with Crippen molar-refractivity contribution < 1.29 is 22.7 Å². The lowest BCUT2D eigenvalue weighted by molar-refractivity contribution is -0.125. The summed E-state index contributed by atoms with van der Waals surface area (Å²) in [6.07, 6.45) is 0. The molecule has 1 aromatic carbocycles. The number of hydrogen-bond acceptors (Lipinski definition) is 8. The van der Waals surface area contributed by atoms with Gasteiger partial charge in [-0.2, -0.15) is 0 Å². The highest BCUT2D eigenvalue weighted by molar-refractivity contribution is 8.14. The van der Waals surface area contributed by atoms with E-state index >= 15 is 0 Å². The second-order valence-electron chi connectivity index (χ2n) is 6.61. The van der Waals surface area contributed by atoms with Crippen molar-refractivity contribution in [3.63, 3.8) is 0 Å². The molecule has 2 atom stereocenters. The molecule has 0 aromatic heterocycles. The number of fused-ring (bicyclic) bond motifs is 1. The van der Waals surface area contributed by atoms with Crippen LogP contribution in [0.5, 0.6) is 11.5 Å². The number of aliphatic imine (C=N–C) groups is 1. The van der Waals surface area contributed by atoms with Crippen LogP contribution in [-0.4, -0.2) is 82.0 Å². The molecule has 0 aliphatic carbocycles. The molecule has 1 saturated heterocycles. The number of carbonyl (C=O) groups excluding carboxylic acids is 1. The molecular formula is C17H23N3O5S2. The van der Waals surface area contributed by atoms with E-state index in [1.807, 2.05) is 4.90 Å². The molecule has 3 rings (SSSR count). The first-order valence-corrected chi connectivity index (χ1v) is 11.2. The molecule has 27 heavy (non-hydrogen) atoms. The first kappa shape index (κ1) is 19.8. The van der Waals surface area contributed by atoms with Crippen LogP contribution < -0.4 is 14.4 Å². The minimum absolute atomic E-state index is 0.0200. The summed E-state index contributed by atoms with van der Waals surface area (Å²) in [7, 11) is 3.37. The molecule has 2 heterocycles. The van der Waals surface area contributed by atoms with Crippen LogP contribution in [0.4, 0.5) is 5.69 Å². The van der Waals surface area contributed by atoms with Gasteiger partial charge < -0.3 is 19.3 Å². The van der Waals surface area contributed by atoms with Crippen molar-refractivity contribution in [1.29, 1.82) is 0 Å². The Morgan fingerprint density at radius 1 is 1.30 bits per heavy atom. The zero-order chi connectivity index (χ0) is 19.8.